The molecule has 0 unspecified atom stereocenters. The van der Waals surface area contributed by atoms with Crippen molar-refractivity contribution in [1.82, 2.24) is 15.2 Å². The highest BCUT2D eigenvalue weighted by atomic mass is 32.1. The summed E-state index contributed by atoms with van der Waals surface area (Å²) in [6.45, 7) is 2.22. The number of hydrogen-bond acceptors (Lipinski definition) is 6. The molecule has 2 aromatic carbocycles. The number of rotatable bonds is 7. The van der Waals surface area contributed by atoms with Gasteiger partial charge in [0.25, 0.3) is 11.8 Å². The maximum Gasteiger partial charge on any atom is 0.257 e. The molecule has 0 radical (unpaired) electrons. The van der Waals surface area contributed by atoms with Crippen LogP contribution in [0.3, 0.4) is 0 Å². The van der Waals surface area contributed by atoms with Gasteiger partial charge in [0, 0.05) is 28.6 Å². The molecule has 0 spiro atoms. The van der Waals surface area contributed by atoms with Gasteiger partial charge in [-0.2, -0.15) is 0 Å². The normalized spacial score (nSPS) is 15.0. The number of nitrogens with zero attached hydrogens (tertiary/aromatic N) is 2. The maximum absolute atomic E-state index is 12.9. The number of carbonyl (C=O) groups excluding carboxylic acids is 2. The summed E-state index contributed by atoms with van der Waals surface area (Å²) >= 11 is 1.56. The van der Waals surface area contributed by atoms with Crippen LogP contribution < -0.4 is 15.4 Å². The smallest absolute Gasteiger partial charge is 0.257 e. The van der Waals surface area contributed by atoms with E-state index in [1.807, 2.05) is 19.1 Å². The lowest BCUT2D eigenvalue weighted by Crippen LogP contribution is -2.32. The molecule has 34 heavy (non-hydrogen) atoms. The first-order valence-corrected chi connectivity index (χ1v) is 12.1. The van der Waals surface area contributed by atoms with Crippen molar-refractivity contribution >= 4 is 28.3 Å². The molecule has 0 fully saturated rings. The molecule has 2 N–H and O–H groups in total. The quantitative estimate of drug-likeness (QED) is 0.535. The van der Waals surface area contributed by atoms with Crippen molar-refractivity contribution in [3.63, 3.8) is 0 Å². The molecule has 178 valence electrons. The van der Waals surface area contributed by atoms with Gasteiger partial charge in [0.2, 0.25) is 0 Å². The number of anilines is 1. The van der Waals surface area contributed by atoms with Gasteiger partial charge in [0.1, 0.15) is 5.75 Å². The number of likely N-dealkylation sites (N-methyl/N-ethyl adjacent to an activating group) is 1. The number of fused-ring (bicyclic) bond motifs is 1. The highest BCUT2D eigenvalue weighted by Gasteiger charge is 2.24. The Morgan fingerprint density at radius 2 is 1.94 bits per heavy atom. The Labute approximate surface area is 204 Å². The van der Waals surface area contributed by atoms with Crippen LogP contribution in [0.15, 0.2) is 42.5 Å². The molecule has 1 atom stereocenters. The van der Waals surface area contributed by atoms with E-state index < -0.39 is 0 Å². The molecule has 1 heterocycles. The number of methoxy groups -OCH3 is 1. The third-order valence-corrected chi connectivity index (χ3v) is 7.20. The van der Waals surface area contributed by atoms with Crippen LogP contribution in [-0.4, -0.2) is 48.9 Å². The number of nitrogens with one attached hydrogen (secondary N) is 2. The van der Waals surface area contributed by atoms with Gasteiger partial charge in [-0.3, -0.25) is 14.9 Å². The number of aromatic nitrogens is 1. The number of carbonyl (C=O) groups is 2. The van der Waals surface area contributed by atoms with Gasteiger partial charge in [-0.1, -0.05) is 12.1 Å². The summed E-state index contributed by atoms with van der Waals surface area (Å²) in [5, 5.41) is 6.51. The fraction of sp³-hybridized carbons (Fsp3) is 0.346. The van der Waals surface area contributed by atoms with E-state index in [2.05, 4.69) is 34.6 Å². The lowest BCUT2D eigenvalue weighted by Gasteiger charge is -2.27. The molecule has 0 saturated carbocycles. The lowest BCUT2D eigenvalue weighted by atomic mass is 9.97. The van der Waals surface area contributed by atoms with Crippen molar-refractivity contribution in [2.75, 3.05) is 26.5 Å². The summed E-state index contributed by atoms with van der Waals surface area (Å²) in [7, 11) is 5.81. The van der Waals surface area contributed by atoms with Crippen molar-refractivity contribution in [3.8, 4) is 5.75 Å². The molecule has 8 heteroatoms. The Kier molecular flexibility index (Phi) is 7.29. The summed E-state index contributed by atoms with van der Waals surface area (Å²) in [6.07, 6.45) is 2.99. The van der Waals surface area contributed by atoms with Crippen LogP contribution in [0.4, 0.5) is 5.13 Å². The minimum atomic E-state index is -0.200. The summed E-state index contributed by atoms with van der Waals surface area (Å²) in [6, 6.07) is 13.1. The van der Waals surface area contributed by atoms with Crippen LogP contribution in [0.5, 0.6) is 5.75 Å². The second kappa shape index (κ2) is 10.4. The van der Waals surface area contributed by atoms with E-state index in [0.717, 1.165) is 41.8 Å². The van der Waals surface area contributed by atoms with E-state index in [-0.39, 0.29) is 11.8 Å². The number of ether oxygens (including phenoxy) is 1. The second-order valence-corrected chi connectivity index (χ2v) is 9.85. The summed E-state index contributed by atoms with van der Waals surface area (Å²) < 4.78 is 5.25. The SMILES string of the molecule is COc1ccc(C(=O)NCc2cccc(C(=O)Nc3nc4c(s3)C[C@@H](N(C)C)CC4)c2)cc1C. The van der Waals surface area contributed by atoms with Crippen molar-refractivity contribution in [2.45, 2.75) is 38.8 Å². The minimum absolute atomic E-state index is 0.176. The molecular formula is C26H30N4O3S. The fourth-order valence-electron chi connectivity index (χ4n) is 4.15. The predicted octanol–water partition coefficient (Wildman–Crippen LogP) is 4.06. The zero-order valence-electron chi connectivity index (χ0n) is 20.0. The van der Waals surface area contributed by atoms with E-state index in [0.29, 0.717) is 28.8 Å². The largest absolute Gasteiger partial charge is 0.496 e. The summed E-state index contributed by atoms with van der Waals surface area (Å²) in [5.41, 5.74) is 3.94. The van der Waals surface area contributed by atoms with Crippen LogP contribution in [-0.2, 0) is 19.4 Å². The average Bonchev–Trinajstić information content (AvgIpc) is 3.24. The maximum atomic E-state index is 12.9. The third kappa shape index (κ3) is 5.46. The van der Waals surface area contributed by atoms with Crippen LogP contribution in [0, 0.1) is 6.92 Å². The number of amides is 2. The Morgan fingerprint density at radius 3 is 2.68 bits per heavy atom. The van der Waals surface area contributed by atoms with Crippen molar-refractivity contribution < 1.29 is 14.3 Å². The van der Waals surface area contributed by atoms with E-state index in [9.17, 15) is 9.59 Å². The van der Waals surface area contributed by atoms with Gasteiger partial charge in [0.05, 0.1) is 12.8 Å². The predicted molar refractivity (Wildman–Crippen MR) is 135 cm³/mol. The minimum Gasteiger partial charge on any atom is -0.496 e. The average molecular weight is 479 g/mol. The van der Waals surface area contributed by atoms with Gasteiger partial charge in [-0.25, -0.2) is 4.98 Å². The summed E-state index contributed by atoms with van der Waals surface area (Å²) in [4.78, 5) is 33.6. The fourth-order valence-corrected chi connectivity index (χ4v) is 5.22. The van der Waals surface area contributed by atoms with E-state index in [1.54, 1.807) is 48.8 Å². The molecule has 1 aliphatic rings. The van der Waals surface area contributed by atoms with Gasteiger partial charge in [-0.15, -0.1) is 11.3 Å². The highest BCUT2D eigenvalue weighted by Crippen LogP contribution is 2.31. The molecule has 0 saturated heterocycles. The van der Waals surface area contributed by atoms with Gasteiger partial charge in [0.15, 0.2) is 5.13 Å². The Bertz CT molecular complexity index is 1200. The van der Waals surface area contributed by atoms with Gasteiger partial charge in [-0.05, 0) is 81.7 Å². The number of benzene rings is 2. The molecule has 0 bridgehead atoms. The van der Waals surface area contributed by atoms with Crippen molar-refractivity contribution in [1.29, 1.82) is 0 Å². The summed E-state index contributed by atoms with van der Waals surface area (Å²) in [5.74, 6) is 0.369. The molecule has 1 aromatic heterocycles. The Morgan fingerprint density at radius 1 is 1.15 bits per heavy atom. The monoisotopic (exact) mass is 478 g/mol. The molecule has 2 amide bonds. The van der Waals surface area contributed by atoms with Crippen molar-refractivity contribution in [3.05, 3.63) is 75.3 Å². The molecule has 4 rings (SSSR count). The topological polar surface area (TPSA) is 83.6 Å². The lowest BCUT2D eigenvalue weighted by molar-refractivity contribution is 0.0950. The Balaban J connectivity index is 1.37. The van der Waals surface area contributed by atoms with Gasteiger partial charge >= 0.3 is 0 Å². The first kappa shape index (κ1) is 23.9. The zero-order chi connectivity index (χ0) is 24.2. The van der Waals surface area contributed by atoms with E-state index in [1.165, 1.54) is 4.88 Å². The van der Waals surface area contributed by atoms with Crippen LogP contribution >= 0.6 is 11.3 Å². The van der Waals surface area contributed by atoms with Crippen LogP contribution in [0.1, 0.15) is 48.8 Å². The number of thiazole rings is 1. The molecule has 0 aliphatic heterocycles. The molecule has 3 aromatic rings. The third-order valence-electron chi connectivity index (χ3n) is 6.16. The second-order valence-electron chi connectivity index (χ2n) is 8.77. The van der Waals surface area contributed by atoms with Crippen LogP contribution in [0.2, 0.25) is 0 Å². The standard InChI is InChI=1S/C26H30N4O3S/c1-16-12-19(8-11-22(16)33-4)24(31)27-15-17-6-5-7-18(13-17)25(32)29-26-28-21-10-9-20(30(2)3)14-23(21)34-26/h5-8,11-13,20H,9-10,14-15H2,1-4H3,(H,27,31)(H,28,29,32)/t20-/m0/s1. The molecular weight excluding hydrogens is 448 g/mol. The molecule has 1 aliphatic carbocycles. The first-order valence-electron chi connectivity index (χ1n) is 11.3. The van der Waals surface area contributed by atoms with Crippen LogP contribution in [0.25, 0.3) is 0 Å². The Hall–Kier alpha value is -3.23. The number of aryl methyl sites for hydroxylation is 2. The van der Waals surface area contributed by atoms with Gasteiger partial charge < -0.3 is 15.0 Å². The highest BCUT2D eigenvalue weighted by molar-refractivity contribution is 7.15. The van der Waals surface area contributed by atoms with E-state index >= 15 is 0 Å². The molecule has 7 nitrogen and oxygen atoms in total. The van der Waals surface area contributed by atoms with Crippen molar-refractivity contribution in [2.24, 2.45) is 0 Å². The first-order chi connectivity index (χ1) is 16.3. The van der Waals surface area contributed by atoms with E-state index in [4.69, 9.17) is 4.74 Å². The number of hydrogen-bond donors (Lipinski definition) is 2. The zero-order valence-corrected chi connectivity index (χ0v) is 20.8.